The normalized spacial score (nSPS) is 44.2. The van der Waals surface area contributed by atoms with Crippen LogP contribution in [0.2, 0.25) is 0 Å². The SMILES string of the molecule is CC1CCC(C)N(C2CCCC(N)C2)C1. The zero-order chi connectivity index (χ0) is 10.8. The molecule has 1 aliphatic carbocycles. The van der Waals surface area contributed by atoms with E-state index >= 15 is 0 Å². The van der Waals surface area contributed by atoms with Gasteiger partial charge in [-0.15, -0.1) is 0 Å². The van der Waals surface area contributed by atoms with Crippen molar-refractivity contribution in [2.24, 2.45) is 11.7 Å². The summed E-state index contributed by atoms with van der Waals surface area (Å²) in [4.78, 5) is 2.74. The molecule has 2 heteroatoms. The standard InChI is InChI=1S/C13H26N2/c1-10-6-7-11(2)15(9-10)13-5-3-4-12(14)8-13/h10-13H,3-9,14H2,1-2H3. The molecule has 15 heavy (non-hydrogen) atoms. The van der Waals surface area contributed by atoms with Crippen molar-refractivity contribution in [2.45, 2.75) is 70.5 Å². The summed E-state index contributed by atoms with van der Waals surface area (Å²) in [5, 5.41) is 0. The molecule has 0 aromatic rings. The molecule has 2 nitrogen and oxygen atoms in total. The van der Waals surface area contributed by atoms with Crippen LogP contribution >= 0.6 is 0 Å². The minimum atomic E-state index is 0.466. The monoisotopic (exact) mass is 210 g/mol. The van der Waals surface area contributed by atoms with E-state index in [2.05, 4.69) is 18.7 Å². The highest BCUT2D eigenvalue weighted by atomic mass is 15.2. The van der Waals surface area contributed by atoms with E-state index < -0.39 is 0 Å². The molecule has 0 bridgehead atoms. The number of likely N-dealkylation sites (tertiary alicyclic amines) is 1. The van der Waals surface area contributed by atoms with Gasteiger partial charge in [-0.05, 0) is 44.9 Å². The molecule has 1 aliphatic heterocycles. The van der Waals surface area contributed by atoms with Crippen molar-refractivity contribution in [1.29, 1.82) is 0 Å². The zero-order valence-electron chi connectivity index (χ0n) is 10.3. The first kappa shape index (κ1) is 11.4. The summed E-state index contributed by atoms with van der Waals surface area (Å²) in [6.45, 7) is 6.09. The predicted octanol–water partition coefficient (Wildman–Crippen LogP) is 2.38. The van der Waals surface area contributed by atoms with Gasteiger partial charge in [0, 0.05) is 24.7 Å². The largest absolute Gasteiger partial charge is 0.328 e. The summed E-state index contributed by atoms with van der Waals surface area (Å²) in [5.41, 5.74) is 6.09. The molecular formula is C13H26N2. The van der Waals surface area contributed by atoms with Crippen molar-refractivity contribution >= 4 is 0 Å². The Kier molecular flexibility index (Phi) is 3.68. The molecule has 88 valence electrons. The lowest BCUT2D eigenvalue weighted by Crippen LogP contribution is -2.50. The van der Waals surface area contributed by atoms with E-state index in [1.165, 1.54) is 45.1 Å². The van der Waals surface area contributed by atoms with Gasteiger partial charge in [-0.2, -0.15) is 0 Å². The van der Waals surface area contributed by atoms with Crippen molar-refractivity contribution in [3.8, 4) is 0 Å². The molecule has 2 fully saturated rings. The minimum Gasteiger partial charge on any atom is -0.328 e. The summed E-state index contributed by atoms with van der Waals surface area (Å²) < 4.78 is 0. The van der Waals surface area contributed by atoms with Gasteiger partial charge >= 0.3 is 0 Å². The topological polar surface area (TPSA) is 29.3 Å². The third kappa shape index (κ3) is 2.73. The van der Waals surface area contributed by atoms with Crippen LogP contribution in [0.4, 0.5) is 0 Å². The first-order chi connectivity index (χ1) is 7.16. The number of hydrogen-bond donors (Lipinski definition) is 1. The van der Waals surface area contributed by atoms with E-state index in [9.17, 15) is 0 Å². The lowest BCUT2D eigenvalue weighted by molar-refractivity contribution is 0.0541. The Hall–Kier alpha value is -0.0800. The van der Waals surface area contributed by atoms with Gasteiger partial charge in [0.05, 0.1) is 0 Å². The van der Waals surface area contributed by atoms with Crippen LogP contribution in [0.25, 0.3) is 0 Å². The maximum Gasteiger partial charge on any atom is 0.0113 e. The fourth-order valence-electron chi connectivity index (χ4n) is 3.33. The van der Waals surface area contributed by atoms with Gasteiger partial charge in [0.15, 0.2) is 0 Å². The van der Waals surface area contributed by atoms with Gasteiger partial charge < -0.3 is 5.73 Å². The summed E-state index contributed by atoms with van der Waals surface area (Å²) in [6, 6.07) is 2.04. The van der Waals surface area contributed by atoms with Crippen molar-refractivity contribution in [1.82, 2.24) is 4.90 Å². The van der Waals surface area contributed by atoms with Crippen LogP contribution in [-0.4, -0.2) is 29.6 Å². The van der Waals surface area contributed by atoms with E-state index in [1.807, 2.05) is 0 Å². The molecule has 1 saturated heterocycles. The Bertz CT molecular complexity index is 205. The second-order valence-corrected chi connectivity index (χ2v) is 5.81. The van der Waals surface area contributed by atoms with Gasteiger partial charge in [-0.25, -0.2) is 0 Å². The number of hydrogen-bond acceptors (Lipinski definition) is 2. The molecule has 4 atom stereocenters. The Morgan fingerprint density at radius 1 is 1.07 bits per heavy atom. The molecule has 2 aliphatic rings. The summed E-state index contributed by atoms with van der Waals surface area (Å²) in [6.07, 6.45) is 7.99. The average Bonchev–Trinajstić information content (AvgIpc) is 2.22. The minimum absolute atomic E-state index is 0.466. The quantitative estimate of drug-likeness (QED) is 0.720. The van der Waals surface area contributed by atoms with Crippen molar-refractivity contribution in [3.63, 3.8) is 0 Å². The van der Waals surface area contributed by atoms with Gasteiger partial charge in [0.25, 0.3) is 0 Å². The highest BCUT2D eigenvalue weighted by molar-refractivity contribution is 4.87. The molecule has 0 aromatic carbocycles. The third-order valence-corrected chi connectivity index (χ3v) is 4.32. The van der Waals surface area contributed by atoms with E-state index in [1.54, 1.807) is 0 Å². The van der Waals surface area contributed by atoms with E-state index in [4.69, 9.17) is 5.73 Å². The van der Waals surface area contributed by atoms with Crippen molar-refractivity contribution in [2.75, 3.05) is 6.54 Å². The third-order valence-electron chi connectivity index (χ3n) is 4.32. The Labute approximate surface area is 94.2 Å². The number of nitrogens with zero attached hydrogens (tertiary/aromatic N) is 1. The lowest BCUT2D eigenvalue weighted by Gasteiger charge is -2.44. The van der Waals surface area contributed by atoms with Gasteiger partial charge in [0.2, 0.25) is 0 Å². The van der Waals surface area contributed by atoms with E-state index in [0.29, 0.717) is 6.04 Å². The lowest BCUT2D eigenvalue weighted by atomic mass is 9.86. The van der Waals surface area contributed by atoms with Crippen LogP contribution in [0.15, 0.2) is 0 Å². The fraction of sp³-hybridized carbons (Fsp3) is 1.00. The Morgan fingerprint density at radius 2 is 1.87 bits per heavy atom. The molecule has 0 spiro atoms. The van der Waals surface area contributed by atoms with Crippen LogP contribution in [0.1, 0.15) is 52.4 Å². The van der Waals surface area contributed by atoms with Crippen LogP contribution in [-0.2, 0) is 0 Å². The van der Waals surface area contributed by atoms with Crippen LogP contribution in [0.5, 0.6) is 0 Å². The fourth-order valence-corrected chi connectivity index (χ4v) is 3.33. The van der Waals surface area contributed by atoms with Crippen molar-refractivity contribution in [3.05, 3.63) is 0 Å². The number of nitrogens with two attached hydrogens (primary N) is 1. The first-order valence-electron chi connectivity index (χ1n) is 6.68. The number of piperidine rings is 1. The second-order valence-electron chi connectivity index (χ2n) is 5.81. The first-order valence-corrected chi connectivity index (χ1v) is 6.68. The Balaban J connectivity index is 1.94. The second kappa shape index (κ2) is 4.84. The molecule has 0 aromatic heterocycles. The molecule has 1 heterocycles. The Morgan fingerprint density at radius 3 is 2.60 bits per heavy atom. The van der Waals surface area contributed by atoms with Gasteiger partial charge in [0.1, 0.15) is 0 Å². The maximum absolute atomic E-state index is 6.09. The van der Waals surface area contributed by atoms with Crippen molar-refractivity contribution < 1.29 is 0 Å². The smallest absolute Gasteiger partial charge is 0.0113 e. The van der Waals surface area contributed by atoms with E-state index in [-0.39, 0.29) is 0 Å². The molecule has 0 radical (unpaired) electrons. The molecular weight excluding hydrogens is 184 g/mol. The molecule has 2 N–H and O–H groups in total. The maximum atomic E-state index is 6.09. The summed E-state index contributed by atoms with van der Waals surface area (Å²) in [5.74, 6) is 0.888. The van der Waals surface area contributed by atoms with Crippen LogP contribution in [0, 0.1) is 5.92 Å². The molecule has 1 saturated carbocycles. The number of rotatable bonds is 1. The zero-order valence-corrected chi connectivity index (χ0v) is 10.3. The van der Waals surface area contributed by atoms with Crippen LogP contribution < -0.4 is 5.73 Å². The molecule has 2 rings (SSSR count). The van der Waals surface area contributed by atoms with Gasteiger partial charge in [-0.1, -0.05) is 13.3 Å². The molecule has 4 unspecified atom stereocenters. The summed E-state index contributed by atoms with van der Waals surface area (Å²) >= 11 is 0. The molecule has 0 amide bonds. The highest BCUT2D eigenvalue weighted by Gasteiger charge is 2.31. The summed E-state index contributed by atoms with van der Waals surface area (Å²) in [7, 11) is 0. The highest BCUT2D eigenvalue weighted by Crippen LogP contribution is 2.29. The predicted molar refractivity (Wildman–Crippen MR) is 64.8 cm³/mol. The van der Waals surface area contributed by atoms with Gasteiger partial charge in [-0.3, -0.25) is 4.90 Å². The van der Waals surface area contributed by atoms with Crippen LogP contribution in [0.3, 0.4) is 0 Å². The van der Waals surface area contributed by atoms with E-state index in [0.717, 1.165) is 18.0 Å². The average molecular weight is 210 g/mol.